The number of hydrogen-bond acceptors (Lipinski definition) is 1. The van der Waals surface area contributed by atoms with Crippen molar-refractivity contribution < 1.29 is 4.39 Å². The summed E-state index contributed by atoms with van der Waals surface area (Å²) < 4.78 is 12.5. The molecule has 0 saturated carbocycles. The van der Waals surface area contributed by atoms with Gasteiger partial charge in [0.15, 0.2) is 0 Å². The highest BCUT2D eigenvalue weighted by Crippen LogP contribution is 2.09. The number of rotatable bonds is 2. The molecule has 0 bridgehead atoms. The quantitative estimate of drug-likeness (QED) is 0.414. The maximum atomic E-state index is 12.5. The normalized spacial score (nSPS) is 11.0. The predicted octanol–water partition coefficient (Wildman–Crippen LogP) is 2.85. The standard InChI is InChI=1S/C8H12FN/c1-5-8(9)7(4)10-6(2)3/h5H,4H2,1-3H3/b8-5+. The van der Waals surface area contributed by atoms with Crippen molar-refractivity contribution >= 4 is 5.71 Å². The fraction of sp³-hybridized carbons (Fsp3) is 0.375. The molecule has 0 aliphatic rings. The summed E-state index contributed by atoms with van der Waals surface area (Å²) in [4.78, 5) is 3.83. The predicted molar refractivity (Wildman–Crippen MR) is 42.8 cm³/mol. The number of allylic oxidation sites excluding steroid dienone is 2. The van der Waals surface area contributed by atoms with Crippen LogP contribution in [0.3, 0.4) is 0 Å². The van der Waals surface area contributed by atoms with E-state index < -0.39 is 0 Å². The van der Waals surface area contributed by atoms with Crippen LogP contribution >= 0.6 is 0 Å². The Labute approximate surface area is 61.0 Å². The molecular weight excluding hydrogens is 129 g/mol. The van der Waals surface area contributed by atoms with Crippen molar-refractivity contribution in [3.05, 3.63) is 24.2 Å². The van der Waals surface area contributed by atoms with Crippen molar-refractivity contribution in [2.45, 2.75) is 20.8 Å². The first-order valence-electron chi connectivity index (χ1n) is 3.11. The molecule has 0 amide bonds. The van der Waals surface area contributed by atoms with E-state index in [1.54, 1.807) is 20.8 Å². The van der Waals surface area contributed by atoms with E-state index in [9.17, 15) is 4.39 Å². The van der Waals surface area contributed by atoms with Crippen LogP contribution in [0.15, 0.2) is 29.2 Å². The van der Waals surface area contributed by atoms with Gasteiger partial charge >= 0.3 is 0 Å². The molecule has 0 atom stereocenters. The SMILES string of the molecule is C=C(N=C(C)C)/C(F)=C\C. The van der Waals surface area contributed by atoms with E-state index in [4.69, 9.17) is 0 Å². The van der Waals surface area contributed by atoms with Crippen molar-refractivity contribution in [1.29, 1.82) is 0 Å². The highest BCUT2D eigenvalue weighted by Gasteiger charge is 1.95. The van der Waals surface area contributed by atoms with Crippen molar-refractivity contribution in [2.24, 2.45) is 4.99 Å². The molecule has 1 nitrogen and oxygen atoms in total. The molecule has 0 aromatic rings. The Morgan fingerprint density at radius 2 is 2.00 bits per heavy atom. The Kier molecular flexibility index (Phi) is 3.62. The average molecular weight is 141 g/mol. The van der Waals surface area contributed by atoms with E-state index in [1.807, 2.05) is 0 Å². The van der Waals surface area contributed by atoms with Gasteiger partial charge in [0.25, 0.3) is 0 Å². The van der Waals surface area contributed by atoms with Gasteiger partial charge < -0.3 is 0 Å². The monoisotopic (exact) mass is 141 g/mol. The van der Waals surface area contributed by atoms with Crippen LogP contribution in [0.5, 0.6) is 0 Å². The number of aliphatic imine (C=N–C) groups is 1. The minimum Gasteiger partial charge on any atom is -0.256 e. The van der Waals surface area contributed by atoms with Crippen LogP contribution in [0, 0.1) is 0 Å². The summed E-state index contributed by atoms with van der Waals surface area (Å²) in [7, 11) is 0. The summed E-state index contributed by atoms with van der Waals surface area (Å²) in [5.74, 6) is -0.360. The lowest BCUT2D eigenvalue weighted by atomic mass is 10.4. The fourth-order valence-electron chi connectivity index (χ4n) is 0.490. The molecule has 0 rings (SSSR count). The molecule has 0 aromatic heterocycles. The minimum absolute atomic E-state index is 0.197. The van der Waals surface area contributed by atoms with E-state index in [2.05, 4.69) is 11.6 Å². The Hall–Kier alpha value is -0.920. The van der Waals surface area contributed by atoms with Crippen LogP contribution < -0.4 is 0 Å². The van der Waals surface area contributed by atoms with Crippen molar-refractivity contribution in [2.75, 3.05) is 0 Å². The Balaban J connectivity index is 4.26. The molecule has 0 N–H and O–H groups in total. The van der Waals surface area contributed by atoms with Crippen LogP contribution in [0.2, 0.25) is 0 Å². The highest BCUT2D eigenvalue weighted by molar-refractivity contribution is 5.80. The summed E-state index contributed by atoms with van der Waals surface area (Å²) in [6.45, 7) is 8.65. The third-order valence-electron chi connectivity index (χ3n) is 0.888. The van der Waals surface area contributed by atoms with Gasteiger partial charge in [-0.3, -0.25) is 4.99 Å². The van der Waals surface area contributed by atoms with Crippen LogP contribution in [-0.4, -0.2) is 5.71 Å². The first kappa shape index (κ1) is 9.08. The van der Waals surface area contributed by atoms with E-state index in [1.165, 1.54) is 6.08 Å². The molecule has 0 aromatic carbocycles. The van der Waals surface area contributed by atoms with Gasteiger partial charge in [-0.25, -0.2) is 4.39 Å². The Bertz CT molecular complexity index is 185. The van der Waals surface area contributed by atoms with Crippen LogP contribution in [0.4, 0.5) is 4.39 Å². The molecular formula is C8H12FN. The van der Waals surface area contributed by atoms with Crippen molar-refractivity contribution in [3.63, 3.8) is 0 Å². The first-order chi connectivity index (χ1) is 4.57. The van der Waals surface area contributed by atoms with Crippen LogP contribution in [0.25, 0.3) is 0 Å². The summed E-state index contributed by atoms with van der Waals surface area (Å²) in [5, 5.41) is 0. The topological polar surface area (TPSA) is 12.4 Å². The van der Waals surface area contributed by atoms with Crippen LogP contribution in [-0.2, 0) is 0 Å². The molecule has 0 unspecified atom stereocenters. The molecule has 0 fully saturated rings. The summed E-state index contributed by atoms with van der Waals surface area (Å²) in [5.41, 5.74) is 1.00. The molecule has 0 heterocycles. The molecule has 0 saturated heterocycles. The molecule has 0 aliphatic heterocycles. The van der Waals surface area contributed by atoms with E-state index in [0.717, 1.165) is 5.71 Å². The lowest BCUT2D eigenvalue weighted by Gasteiger charge is -1.94. The molecule has 0 radical (unpaired) electrons. The van der Waals surface area contributed by atoms with Crippen LogP contribution in [0.1, 0.15) is 20.8 Å². The lowest BCUT2D eigenvalue weighted by Crippen LogP contribution is -1.83. The molecule has 10 heavy (non-hydrogen) atoms. The average Bonchev–Trinajstić information content (AvgIpc) is 1.85. The van der Waals surface area contributed by atoms with Gasteiger partial charge in [0.05, 0.1) is 5.70 Å². The van der Waals surface area contributed by atoms with Gasteiger partial charge in [0.2, 0.25) is 0 Å². The Morgan fingerprint density at radius 3 is 2.30 bits per heavy atom. The van der Waals surface area contributed by atoms with E-state index in [0.29, 0.717) is 0 Å². The third kappa shape index (κ3) is 3.17. The Morgan fingerprint density at radius 1 is 1.50 bits per heavy atom. The smallest absolute Gasteiger partial charge is 0.143 e. The fourth-order valence-corrected chi connectivity index (χ4v) is 0.490. The van der Waals surface area contributed by atoms with Gasteiger partial charge in [-0.1, -0.05) is 6.58 Å². The zero-order valence-electron chi connectivity index (χ0n) is 6.61. The maximum absolute atomic E-state index is 12.5. The van der Waals surface area contributed by atoms with Gasteiger partial charge in [0, 0.05) is 5.71 Å². The number of nitrogens with zero attached hydrogens (tertiary/aromatic N) is 1. The molecule has 0 spiro atoms. The summed E-state index contributed by atoms with van der Waals surface area (Å²) in [6.07, 6.45) is 1.34. The highest BCUT2D eigenvalue weighted by atomic mass is 19.1. The third-order valence-corrected chi connectivity index (χ3v) is 0.888. The largest absolute Gasteiger partial charge is 0.256 e. The van der Waals surface area contributed by atoms with Gasteiger partial charge in [-0.2, -0.15) is 0 Å². The van der Waals surface area contributed by atoms with E-state index in [-0.39, 0.29) is 11.5 Å². The van der Waals surface area contributed by atoms with Crippen molar-refractivity contribution in [1.82, 2.24) is 0 Å². The lowest BCUT2D eigenvalue weighted by molar-refractivity contribution is 0.647. The van der Waals surface area contributed by atoms with Gasteiger partial charge in [-0.15, -0.1) is 0 Å². The second-order valence-electron chi connectivity index (χ2n) is 2.14. The number of halogens is 1. The molecule has 2 heteroatoms. The zero-order valence-corrected chi connectivity index (χ0v) is 6.61. The first-order valence-corrected chi connectivity index (χ1v) is 3.11. The second kappa shape index (κ2) is 3.99. The number of hydrogen-bond donors (Lipinski definition) is 0. The van der Waals surface area contributed by atoms with Gasteiger partial charge in [0.1, 0.15) is 5.83 Å². The summed E-state index contributed by atoms with van der Waals surface area (Å²) in [6, 6.07) is 0. The zero-order chi connectivity index (χ0) is 8.15. The minimum atomic E-state index is -0.360. The van der Waals surface area contributed by atoms with Crippen molar-refractivity contribution in [3.8, 4) is 0 Å². The molecule has 0 aliphatic carbocycles. The second-order valence-corrected chi connectivity index (χ2v) is 2.14. The maximum Gasteiger partial charge on any atom is 0.143 e. The summed E-state index contributed by atoms with van der Waals surface area (Å²) >= 11 is 0. The molecule has 56 valence electrons. The van der Waals surface area contributed by atoms with E-state index >= 15 is 0 Å². The van der Waals surface area contributed by atoms with Gasteiger partial charge in [-0.05, 0) is 26.8 Å².